The predicted molar refractivity (Wildman–Crippen MR) is 151 cm³/mol. The van der Waals surface area contributed by atoms with Gasteiger partial charge >= 0.3 is 5.97 Å². The number of nitrogens with one attached hydrogen (secondary N) is 2. The normalized spacial score (nSPS) is 12.2. The van der Waals surface area contributed by atoms with Gasteiger partial charge < -0.3 is 21.1 Å². The summed E-state index contributed by atoms with van der Waals surface area (Å²) in [5.74, 6) is -1.25. The van der Waals surface area contributed by atoms with Crippen LogP contribution in [0.4, 0.5) is 5.69 Å². The second-order valence-corrected chi connectivity index (χ2v) is 9.66. The number of carboxylic acids is 1. The van der Waals surface area contributed by atoms with Crippen molar-refractivity contribution in [3.63, 3.8) is 0 Å². The van der Waals surface area contributed by atoms with Gasteiger partial charge in [0.15, 0.2) is 0 Å². The molecule has 0 unspecified atom stereocenters. The van der Waals surface area contributed by atoms with Gasteiger partial charge in [-0.3, -0.25) is 15.2 Å². The summed E-state index contributed by atoms with van der Waals surface area (Å²) in [6.45, 7) is 3.45. The molecule has 0 radical (unpaired) electrons. The van der Waals surface area contributed by atoms with Crippen molar-refractivity contribution in [3.05, 3.63) is 118 Å². The Morgan fingerprint density at radius 2 is 1.85 bits per heavy atom. The fourth-order valence-corrected chi connectivity index (χ4v) is 4.96. The van der Waals surface area contributed by atoms with Crippen LogP contribution in [0.3, 0.4) is 0 Å². The summed E-state index contributed by atoms with van der Waals surface area (Å²) in [6.07, 6.45) is 2.50. The molecule has 1 amide bonds. The lowest BCUT2D eigenvalue weighted by Gasteiger charge is -2.23. The molecule has 5 rings (SSSR count). The Balaban J connectivity index is 1.51. The van der Waals surface area contributed by atoms with E-state index < -0.39 is 5.97 Å². The molecule has 0 fully saturated rings. The lowest BCUT2D eigenvalue weighted by molar-refractivity contribution is 0.0697. The molecule has 0 saturated carbocycles. The Kier molecular flexibility index (Phi) is 7.10. The zero-order valence-electron chi connectivity index (χ0n) is 21.6. The number of nitrogen functional groups attached to an aromatic ring is 1. The number of anilines is 1. The zero-order valence-corrected chi connectivity index (χ0v) is 21.6. The Morgan fingerprint density at radius 1 is 1.03 bits per heavy atom. The van der Waals surface area contributed by atoms with E-state index >= 15 is 0 Å². The summed E-state index contributed by atoms with van der Waals surface area (Å²) >= 11 is 0. The molecule has 1 aliphatic rings. The van der Waals surface area contributed by atoms with E-state index in [9.17, 15) is 14.7 Å². The van der Waals surface area contributed by atoms with Gasteiger partial charge in [-0.1, -0.05) is 29.8 Å². The third-order valence-corrected chi connectivity index (χ3v) is 6.97. The highest BCUT2D eigenvalue weighted by molar-refractivity contribution is 6.00. The van der Waals surface area contributed by atoms with Crippen LogP contribution in [-0.4, -0.2) is 34.3 Å². The van der Waals surface area contributed by atoms with Gasteiger partial charge in [-0.2, -0.15) is 0 Å². The molecular weight excluding hydrogens is 490 g/mol. The zero-order chi connectivity index (χ0) is 27.5. The minimum absolute atomic E-state index is 0.0380. The molecule has 1 aliphatic heterocycles. The first-order valence-electron chi connectivity index (χ1n) is 12.7. The Morgan fingerprint density at radius 3 is 2.59 bits per heavy atom. The fourth-order valence-electron chi connectivity index (χ4n) is 4.96. The van der Waals surface area contributed by atoms with Gasteiger partial charge in [0.05, 0.1) is 17.8 Å². The van der Waals surface area contributed by atoms with Crippen molar-refractivity contribution in [3.8, 4) is 11.1 Å². The van der Waals surface area contributed by atoms with Gasteiger partial charge in [0.1, 0.15) is 5.84 Å². The predicted octanol–water partition coefficient (Wildman–Crippen LogP) is 4.53. The molecule has 0 atom stereocenters. The maximum Gasteiger partial charge on any atom is 0.336 e. The molecular formula is C31H29N5O3. The standard InChI is InChI=1S/C31H29N5O3/c1-19-5-9-25(27(14-19)31(38)39)26-16-22(30(37)35-17-24-4-2-3-12-34-24)6-7-23(26)18-36-13-11-20-15-21(29(32)33)8-10-28(20)36/h2-10,12,14-16H,11,13,17-18H2,1H3,(H3,32,33)(H,35,37)(H,38,39). The Labute approximate surface area is 226 Å². The van der Waals surface area contributed by atoms with Gasteiger partial charge in [-0.15, -0.1) is 0 Å². The molecule has 0 aliphatic carbocycles. The van der Waals surface area contributed by atoms with Crippen LogP contribution in [0.2, 0.25) is 0 Å². The molecule has 8 nitrogen and oxygen atoms in total. The number of aromatic nitrogens is 1. The quantitative estimate of drug-likeness (QED) is 0.200. The number of carbonyl (C=O) groups is 2. The van der Waals surface area contributed by atoms with E-state index in [1.807, 2.05) is 61.5 Å². The van der Waals surface area contributed by atoms with Crippen LogP contribution in [0.15, 0.2) is 79.0 Å². The number of aryl methyl sites for hydroxylation is 1. The highest BCUT2D eigenvalue weighted by atomic mass is 16.4. The number of amidine groups is 1. The molecule has 0 spiro atoms. The number of carbonyl (C=O) groups excluding carboxylic acids is 1. The minimum Gasteiger partial charge on any atom is -0.478 e. The number of amides is 1. The van der Waals surface area contributed by atoms with Crippen LogP contribution >= 0.6 is 0 Å². The van der Waals surface area contributed by atoms with Crippen molar-refractivity contribution in [2.75, 3.05) is 11.4 Å². The maximum atomic E-state index is 13.1. The first-order valence-corrected chi connectivity index (χ1v) is 12.7. The van der Waals surface area contributed by atoms with Gasteiger partial charge in [0.25, 0.3) is 5.91 Å². The van der Waals surface area contributed by atoms with E-state index in [-0.39, 0.29) is 23.9 Å². The van der Waals surface area contributed by atoms with Crippen LogP contribution in [0.25, 0.3) is 11.1 Å². The number of pyridine rings is 1. The molecule has 4 aromatic rings. The van der Waals surface area contributed by atoms with Gasteiger partial charge in [-0.05, 0) is 84.1 Å². The number of aromatic carboxylic acids is 1. The number of benzene rings is 3. The second kappa shape index (κ2) is 10.8. The number of hydrogen-bond acceptors (Lipinski definition) is 5. The lowest BCUT2D eigenvalue weighted by Crippen LogP contribution is -2.24. The fraction of sp³-hybridized carbons (Fsp3) is 0.161. The number of hydrogen-bond donors (Lipinski definition) is 4. The minimum atomic E-state index is -1.02. The summed E-state index contributed by atoms with van der Waals surface area (Å²) < 4.78 is 0. The monoisotopic (exact) mass is 519 g/mol. The maximum absolute atomic E-state index is 13.1. The molecule has 0 bridgehead atoms. The van der Waals surface area contributed by atoms with Crippen molar-refractivity contribution in [2.24, 2.45) is 5.73 Å². The molecule has 2 heterocycles. The van der Waals surface area contributed by atoms with Crippen LogP contribution in [0, 0.1) is 12.3 Å². The van der Waals surface area contributed by atoms with Crippen molar-refractivity contribution in [2.45, 2.75) is 26.4 Å². The molecule has 8 heteroatoms. The summed E-state index contributed by atoms with van der Waals surface area (Å²) in [5, 5.41) is 20.6. The largest absolute Gasteiger partial charge is 0.478 e. The van der Waals surface area contributed by atoms with E-state index in [2.05, 4.69) is 15.2 Å². The smallest absolute Gasteiger partial charge is 0.336 e. The molecule has 0 saturated heterocycles. The molecule has 196 valence electrons. The summed E-state index contributed by atoms with van der Waals surface area (Å²) in [4.78, 5) is 31.8. The van der Waals surface area contributed by atoms with E-state index in [4.69, 9.17) is 11.1 Å². The van der Waals surface area contributed by atoms with E-state index in [0.717, 1.165) is 41.0 Å². The van der Waals surface area contributed by atoms with Crippen LogP contribution in [-0.2, 0) is 19.5 Å². The van der Waals surface area contributed by atoms with Crippen molar-refractivity contribution >= 4 is 23.4 Å². The Bertz CT molecular complexity index is 1580. The molecule has 5 N–H and O–H groups in total. The molecule has 3 aromatic carbocycles. The van der Waals surface area contributed by atoms with Crippen molar-refractivity contribution < 1.29 is 14.7 Å². The summed E-state index contributed by atoms with van der Waals surface area (Å²) in [6, 6.07) is 22.1. The highest BCUT2D eigenvalue weighted by Crippen LogP contribution is 2.34. The second-order valence-electron chi connectivity index (χ2n) is 9.66. The Hall–Kier alpha value is -4.98. The molecule has 39 heavy (non-hydrogen) atoms. The highest BCUT2D eigenvalue weighted by Gasteiger charge is 2.23. The van der Waals surface area contributed by atoms with E-state index in [0.29, 0.717) is 28.8 Å². The SMILES string of the molecule is Cc1ccc(-c2cc(C(=O)NCc3ccccn3)ccc2CN2CCc3cc(C(=N)N)ccc32)c(C(=O)O)c1. The number of nitrogens with zero attached hydrogens (tertiary/aromatic N) is 2. The molecule has 1 aromatic heterocycles. The first-order chi connectivity index (χ1) is 18.8. The van der Waals surface area contributed by atoms with Gasteiger partial charge in [0, 0.05) is 36.1 Å². The topological polar surface area (TPSA) is 132 Å². The van der Waals surface area contributed by atoms with E-state index in [1.54, 1.807) is 24.4 Å². The van der Waals surface area contributed by atoms with Crippen LogP contribution in [0.1, 0.15) is 48.7 Å². The number of nitrogens with two attached hydrogens (primary N) is 1. The van der Waals surface area contributed by atoms with E-state index in [1.165, 1.54) is 0 Å². The summed E-state index contributed by atoms with van der Waals surface area (Å²) in [5.41, 5.74) is 12.9. The lowest BCUT2D eigenvalue weighted by atomic mass is 9.92. The number of rotatable bonds is 8. The van der Waals surface area contributed by atoms with Gasteiger partial charge in [-0.25, -0.2) is 4.79 Å². The van der Waals surface area contributed by atoms with Crippen LogP contribution < -0.4 is 16.0 Å². The summed E-state index contributed by atoms with van der Waals surface area (Å²) in [7, 11) is 0. The van der Waals surface area contributed by atoms with Crippen molar-refractivity contribution in [1.29, 1.82) is 5.41 Å². The third kappa shape index (κ3) is 5.50. The average Bonchev–Trinajstić information content (AvgIpc) is 3.34. The third-order valence-electron chi connectivity index (χ3n) is 6.97. The first kappa shape index (κ1) is 25.7. The number of fused-ring (bicyclic) bond motifs is 1. The van der Waals surface area contributed by atoms with Crippen molar-refractivity contribution in [1.82, 2.24) is 10.3 Å². The van der Waals surface area contributed by atoms with Crippen LogP contribution in [0.5, 0.6) is 0 Å². The average molecular weight is 520 g/mol. The number of carboxylic acid groups (broad SMARTS) is 1. The van der Waals surface area contributed by atoms with Gasteiger partial charge in [0.2, 0.25) is 0 Å².